The van der Waals surface area contributed by atoms with Crippen molar-refractivity contribution < 1.29 is 0 Å². The highest BCUT2D eigenvalue weighted by atomic mass is 14.9. The van der Waals surface area contributed by atoms with E-state index in [4.69, 9.17) is 0 Å². The van der Waals surface area contributed by atoms with Gasteiger partial charge < -0.3 is 5.32 Å². The molecule has 1 N–H and O–H groups in total. The van der Waals surface area contributed by atoms with Crippen molar-refractivity contribution in [2.45, 2.75) is 34.1 Å². The SMILES string of the molecule is Cc1c(C)c(C)c2c(c1C)Cc1ccccc1N2. The molecule has 0 saturated heterocycles. The second kappa shape index (κ2) is 3.88. The van der Waals surface area contributed by atoms with Gasteiger partial charge in [-0.2, -0.15) is 0 Å². The van der Waals surface area contributed by atoms with Crippen LogP contribution >= 0.6 is 0 Å². The van der Waals surface area contributed by atoms with E-state index in [1.165, 1.54) is 44.8 Å². The summed E-state index contributed by atoms with van der Waals surface area (Å²) in [4.78, 5) is 0. The second-order valence-electron chi connectivity index (χ2n) is 5.31. The Labute approximate surface area is 109 Å². The highest BCUT2D eigenvalue weighted by Gasteiger charge is 2.20. The van der Waals surface area contributed by atoms with Crippen LogP contribution in [0.2, 0.25) is 0 Å². The number of nitrogens with one attached hydrogen (secondary N) is 1. The van der Waals surface area contributed by atoms with Crippen LogP contribution in [0.25, 0.3) is 0 Å². The van der Waals surface area contributed by atoms with Crippen LogP contribution in [0.1, 0.15) is 33.4 Å². The average Bonchev–Trinajstić information content (AvgIpc) is 2.41. The fourth-order valence-corrected chi connectivity index (χ4v) is 2.90. The fourth-order valence-electron chi connectivity index (χ4n) is 2.90. The minimum Gasteiger partial charge on any atom is -0.355 e. The molecule has 0 unspecified atom stereocenters. The minimum absolute atomic E-state index is 1.05. The van der Waals surface area contributed by atoms with E-state index in [1.807, 2.05) is 0 Å². The summed E-state index contributed by atoms with van der Waals surface area (Å²) in [5.41, 5.74) is 11.1. The lowest BCUT2D eigenvalue weighted by molar-refractivity contribution is 1.08. The van der Waals surface area contributed by atoms with Crippen LogP contribution in [0.15, 0.2) is 24.3 Å². The molecule has 0 atom stereocenters. The number of anilines is 2. The molecule has 2 aromatic carbocycles. The summed E-state index contributed by atoms with van der Waals surface area (Å²) < 4.78 is 0. The Morgan fingerprint density at radius 2 is 1.50 bits per heavy atom. The largest absolute Gasteiger partial charge is 0.355 e. The Kier molecular flexibility index (Phi) is 2.44. The summed E-state index contributed by atoms with van der Waals surface area (Å²) in [6.45, 7) is 8.93. The molecule has 0 fully saturated rings. The average molecular weight is 237 g/mol. The minimum atomic E-state index is 1.05. The molecule has 3 rings (SSSR count). The molecule has 1 nitrogen and oxygen atoms in total. The molecular weight excluding hydrogens is 218 g/mol. The normalized spacial score (nSPS) is 12.7. The molecule has 1 heteroatoms. The van der Waals surface area contributed by atoms with Crippen molar-refractivity contribution in [3.8, 4) is 0 Å². The molecule has 0 bridgehead atoms. The van der Waals surface area contributed by atoms with Crippen molar-refractivity contribution >= 4 is 11.4 Å². The Bertz CT molecular complexity index is 583. The van der Waals surface area contributed by atoms with E-state index in [2.05, 4.69) is 57.3 Å². The van der Waals surface area contributed by atoms with Gasteiger partial charge in [0.25, 0.3) is 0 Å². The molecule has 1 heterocycles. The third kappa shape index (κ3) is 1.47. The number of hydrogen-bond acceptors (Lipinski definition) is 1. The number of rotatable bonds is 0. The van der Waals surface area contributed by atoms with Crippen LogP contribution in [0.5, 0.6) is 0 Å². The molecule has 0 amide bonds. The van der Waals surface area contributed by atoms with E-state index in [0.717, 1.165) is 6.42 Å². The standard InChI is InChI=1S/C17H19N/c1-10-11(2)13(4)17-15(12(10)3)9-14-7-5-6-8-16(14)18-17/h5-8,18H,9H2,1-4H3. The molecule has 0 saturated carbocycles. The molecule has 1 aliphatic heterocycles. The van der Waals surface area contributed by atoms with Gasteiger partial charge in [-0.3, -0.25) is 0 Å². The summed E-state index contributed by atoms with van der Waals surface area (Å²) in [6.07, 6.45) is 1.05. The molecule has 0 aliphatic carbocycles. The maximum Gasteiger partial charge on any atom is 0.0455 e. The van der Waals surface area contributed by atoms with Gasteiger partial charge in [0.05, 0.1) is 0 Å². The van der Waals surface area contributed by atoms with E-state index in [-0.39, 0.29) is 0 Å². The van der Waals surface area contributed by atoms with Gasteiger partial charge >= 0.3 is 0 Å². The van der Waals surface area contributed by atoms with E-state index >= 15 is 0 Å². The van der Waals surface area contributed by atoms with Gasteiger partial charge in [-0.1, -0.05) is 18.2 Å². The van der Waals surface area contributed by atoms with Crippen molar-refractivity contribution in [1.29, 1.82) is 0 Å². The zero-order valence-electron chi connectivity index (χ0n) is 11.5. The van der Waals surface area contributed by atoms with Crippen LogP contribution in [-0.2, 0) is 6.42 Å². The Balaban J connectivity index is 2.25. The van der Waals surface area contributed by atoms with E-state index in [0.29, 0.717) is 0 Å². The maximum atomic E-state index is 3.62. The van der Waals surface area contributed by atoms with E-state index in [9.17, 15) is 0 Å². The summed E-state index contributed by atoms with van der Waals surface area (Å²) in [7, 11) is 0. The van der Waals surface area contributed by atoms with E-state index < -0.39 is 0 Å². The van der Waals surface area contributed by atoms with Crippen molar-refractivity contribution in [2.24, 2.45) is 0 Å². The molecule has 0 aromatic heterocycles. The Morgan fingerprint density at radius 3 is 2.28 bits per heavy atom. The number of para-hydroxylation sites is 1. The topological polar surface area (TPSA) is 12.0 Å². The maximum absolute atomic E-state index is 3.62. The monoisotopic (exact) mass is 237 g/mol. The number of hydrogen-bond donors (Lipinski definition) is 1. The van der Waals surface area contributed by atoms with Gasteiger partial charge in [0.15, 0.2) is 0 Å². The van der Waals surface area contributed by atoms with Gasteiger partial charge in [0.2, 0.25) is 0 Å². The van der Waals surface area contributed by atoms with Gasteiger partial charge in [-0.05, 0) is 67.1 Å². The second-order valence-corrected chi connectivity index (χ2v) is 5.31. The third-order valence-corrected chi connectivity index (χ3v) is 4.46. The van der Waals surface area contributed by atoms with Crippen LogP contribution < -0.4 is 5.32 Å². The summed E-state index contributed by atoms with van der Waals surface area (Å²) in [5.74, 6) is 0. The molecule has 0 spiro atoms. The molecule has 0 radical (unpaired) electrons. The first-order chi connectivity index (χ1) is 8.59. The lowest BCUT2D eigenvalue weighted by atomic mass is 9.86. The molecule has 2 aromatic rings. The number of fused-ring (bicyclic) bond motifs is 2. The smallest absolute Gasteiger partial charge is 0.0455 e. The predicted octanol–water partition coefficient (Wildman–Crippen LogP) is 4.57. The molecule has 92 valence electrons. The first-order valence-corrected chi connectivity index (χ1v) is 6.53. The van der Waals surface area contributed by atoms with Crippen LogP contribution in [0, 0.1) is 27.7 Å². The molecule has 1 aliphatic rings. The Hall–Kier alpha value is -1.76. The highest BCUT2D eigenvalue weighted by molar-refractivity contribution is 5.77. The van der Waals surface area contributed by atoms with Gasteiger partial charge in [0, 0.05) is 17.8 Å². The van der Waals surface area contributed by atoms with Gasteiger partial charge in [-0.25, -0.2) is 0 Å². The van der Waals surface area contributed by atoms with Crippen molar-refractivity contribution in [1.82, 2.24) is 0 Å². The predicted molar refractivity (Wildman–Crippen MR) is 77.9 cm³/mol. The first kappa shape index (κ1) is 11.3. The highest BCUT2D eigenvalue weighted by Crippen LogP contribution is 2.39. The third-order valence-electron chi connectivity index (χ3n) is 4.46. The first-order valence-electron chi connectivity index (χ1n) is 6.53. The summed E-state index contributed by atoms with van der Waals surface area (Å²) in [6, 6.07) is 8.60. The zero-order chi connectivity index (χ0) is 12.9. The fraction of sp³-hybridized carbons (Fsp3) is 0.294. The van der Waals surface area contributed by atoms with Gasteiger partial charge in [0.1, 0.15) is 0 Å². The lowest BCUT2D eigenvalue weighted by Gasteiger charge is -2.27. The van der Waals surface area contributed by atoms with Crippen LogP contribution in [0.3, 0.4) is 0 Å². The lowest BCUT2D eigenvalue weighted by Crippen LogP contribution is -2.12. The van der Waals surface area contributed by atoms with Crippen LogP contribution in [-0.4, -0.2) is 0 Å². The summed E-state index contributed by atoms with van der Waals surface area (Å²) >= 11 is 0. The quantitative estimate of drug-likeness (QED) is 0.604. The van der Waals surface area contributed by atoms with Crippen molar-refractivity contribution in [2.75, 3.05) is 5.32 Å². The van der Waals surface area contributed by atoms with Gasteiger partial charge in [-0.15, -0.1) is 0 Å². The Morgan fingerprint density at radius 1 is 0.833 bits per heavy atom. The van der Waals surface area contributed by atoms with Crippen molar-refractivity contribution in [3.63, 3.8) is 0 Å². The van der Waals surface area contributed by atoms with Crippen LogP contribution in [0.4, 0.5) is 11.4 Å². The molecular formula is C17H19N. The summed E-state index contributed by atoms with van der Waals surface area (Å²) in [5, 5.41) is 3.62. The zero-order valence-corrected chi connectivity index (χ0v) is 11.5. The van der Waals surface area contributed by atoms with Crippen molar-refractivity contribution in [3.05, 3.63) is 57.6 Å². The molecule has 18 heavy (non-hydrogen) atoms. The van der Waals surface area contributed by atoms with E-state index in [1.54, 1.807) is 0 Å². The number of benzene rings is 2.